The van der Waals surface area contributed by atoms with Gasteiger partial charge < -0.3 is 13.8 Å². The van der Waals surface area contributed by atoms with Crippen molar-refractivity contribution in [3.63, 3.8) is 0 Å². The summed E-state index contributed by atoms with van der Waals surface area (Å²) >= 11 is 0. The summed E-state index contributed by atoms with van der Waals surface area (Å²) in [6, 6.07) is 7.50. The summed E-state index contributed by atoms with van der Waals surface area (Å²) in [6.07, 6.45) is 1.42. The fourth-order valence-corrected chi connectivity index (χ4v) is 2.48. The van der Waals surface area contributed by atoms with Gasteiger partial charge in [0.25, 0.3) is 0 Å². The molecule has 0 radical (unpaired) electrons. The Morgan fingerprint density at radius 2 is 1.72 bits per heavy atom. The Kier molecular flexibility index (Phi) is 5.86. The summed E-state index contributed by atoms with van der Waals surface area (Å²) in [5, 5.41) is 0. The van der Waals surface area contributed by atoms with Crippen LogP contribution in [0.3, 0.4) is 0 Å². The van der Waals surface area contributed by atoms with Crippen LogP contribution in [0.2, 0.25) is 0 Å². The van der Waals surface area contributed by atoms with E-state index in [0.717, 1.165) is 17.7 Å². The highest BCUT2D eigenvalue weighted by molar-refractivity contribution is 7.52. The Morgan fingerprint density at radius 3 is 2.17 bits per heavy atom. The molecule has 0 spiro atoms. The van der Waals surface area contributed by atoms with E-state index in [1.54, 1.807) is 0 Å². The number of benzene rings is 1. The molecule has 1 aromatic carbocycles. The van der Waals surface area contributed by atoms with Gasteiger partial charge in [0, 0.05) is 14.2 Å². The van der Waals surface area contributed by atoms with Gasteiger partial charge in [-0.1, -0.05) is 19.1 Å². The summed E-state index contributed by atoms with van der Waals surface area (Å²) in [5.41, 5.74) is 0.901. The molecule has 0 amide bonds. The van der Waals surface area contributed by atoms with Crippen molar-refractivity contribution in [2.24, 2.45) is 0 Å². The smallest absolute Gasteiger partial charge is 0.334 e. The summed E-state index contributed by atoms with van der Waals surface area (Å²) in [5.74, 6) is 0.817. The maximum atomic E-state index is 12.0. The van der Waals surface area contributed by atoms with E-state index in [1.807, 2.05) is 31.2 Å². The van der Waals surface area contributed by atoms with Gasteiger partial charge >= 0.3 is 7.60 Å². The second-order valence-electron chi connectivity index (χ2n) is 4.11. The zero-order valence-electron chi connectivity index (χ0n) is 11.4. The van der Waals surface area contributed by atoms with Crippen molar-refractivity contribution in [1.29, 1.82) is 0 Å². The van der Waals surface area contributed by atoms with E-state index >= 15 is 0 Å². The molecule has 1 unspecified atom stereocenters. The molecule has 0 saturated heterocycles. The minimum atomic E-state index is -2.99. The SMILES string of the molecule is CCC(C)Oc1ccc(CP(=O)(OC)OC)cc1. The summed E-state index contributed by atoms with van der Waals surface area (Å²) in [4.78, 5) is 0. The molecule has 0 N–H and O–H groups in total. The first-order chi connectivity index (χ1) is 8.53. The quantitative estimate of drug-likeness (QED) is 0.707. The third kappa shape index (κ3) is 4.45. The Balaban J connectivity index is 2.68. The van der Waals surface area contributed by atoms with Crippen molar-refractivity contribution in [3.05, 3.63) is 29.8 Å². The zero-order valence-corrected chi connectivity index (χ0v) is 12.3. The first-order valence-electron chi connectivity index (χ1n) is 5.99. The van der Waals surface area contributed by atoms with Gasteiger partial charge in [-0.25, -0.2) is 0 Å². The Labute approximate surface area is 109 Å². The van der Waals surface area contributed by atoms with Crippen LogP contribution in [0.25, 0.3) is 0 Å². The molecular weight excluding hydrogens is 251 g/mol. The van der Waals surface area contributed by atoms with Crippen LogP contribution in [-0.2, 0) is 19.8 Å². The van der Waals surface area contributed by atoms with Crippen molar-refractivity contribution in [2.45, 2.75) is 32.5 Å². The van der Waals surface area contributed by atoms with Crippen LogP contribution in [0.1, 0.15) is 25.8 Å². The van der Waals surface area contributed by atoms with Crippen LogP contribution in [-0.4, -0.2) is 20.3 Å². The molecule has 0 saturated carbocycles. The standard InChI is InChI=1S/C13H21O4P/c1-5-11(2)17-13-8-6-12(7-9-13)10-18(14,15-3)16-4/h6-9,11H,5,10H2,1-4H3. The highest BCUT2D eigenvalue weighted by atomic mass is 31.2. The molecule has 18 heavy (non-hydrogen) atoms. The van der Waals surface area contributed by atoms with E-state index in [2.05, 4.69) is 6.92 Å². The van der Waals surface area contributed by atoms with Crippen molar-refractivity contribution in [1.82, 2.24) is 0 Å². The molecule has 0 heterocycles. The second-order valence-corrected chi connectivity index (χ2v) is 6.38. The molecule has 0 bridgehead atoms. The van der Waals surface area contributed by atoms with Crippen LogP contribution in [0, 0.1) is 0 Å². The molecule has 0 aliphatic rings. The fraction of sp³-hybridized carbons (Fsp3) is 0.538. The average molecular weight is 272 g/mol. The van der Waals surface area contributed by atoms with E-state index in [9.17, 15) is 4.57 Å². The second kappa shape index (κ2) is 6.93. The van der Waals surface area contributed by atoms with E-state index in [0.29, 0.717) is 0 Å². The predicted molar refractivity (Wildman–Crippen MR) is 72.2 cm³/mol. The fourth-order valence-electron chi connectivity index (χ4n) is 1.42. The van der Waals surface area contributed by atoms with Crippen LogP contribution in [0.4, 0.5) is 0 Å². The Hall–Kier alpha value is -0.830. The highest BCUT2D eigenvalue weighted by Crippen LogP contribution is 2.49. The predicted octanol–water partition coefficient (Wildman–Crippen LogP) is 3.85. The van der Waals surface area contributed by atoms with Gasteiger partial charge in [0.05, 0.1) is 12.3 Å². The normalized spacial score (nSPS) is 13.3. The maximum Gasteiger partial charge on any atom is 0.334 e. The van der Waals surface area contributed by atoms with Crippen LogP contribution >= 0.6 is 7.60 Å². The molecular formula is C13H21O4P. The van der Waals surface area contributed by atoms with Crippen molar-refractivity contribution in [2.75, 3.05) is 14.2 Å². The van der Waals surface area contributed by atoms with Gasteiger partial charge in [-0.3, -0.25) is 4.57 Å². The van der Waals surface area contributed by atoms with Crippen LogP contribution in [0.15, 0.2) is 24.3 Å². The average Bonchev–Trinajstić information content (AvgIpc) is 2.40. The van der Waals surface area contributed by atoms with Crippen molar-refractivity contribution < 1.29 is 18.3 Å². The van der Waals surface area contributed by atoms with Crippen molar-refractivity contribution >= 4 is 7.60 Å². The molecule has 1 aromatic rings. The van der Waals surface area contributed by atoms with Gasteiger partial charge in [0.1, 0.15) is 5.75 Å². The first-order valence-corrected chi connectivity index (χ1v) is 7.72. The molecule has 1 rings (SSSR count). The summed E-state index contributed by atoms with van der Waals surface area (Å²) < 4.78 is 27.4. The molecule has 0 aliphatic heterocycles. The largest absolute Gasteiger partial charge is 0.491 e. The lowest BCUT2D eigenvalue weighted by molar-refractivity contribution is 0.217. The number of rotatable bonds is 7. The monoisotopic (exact) mass is 272 g/mol. The third-order valence-electron chi connectivity index (χ3n) is 2.77. The van der Waals surface area contributed by atoms with Gasteiger partial charge in [0.15, 0.2) is 0 Å². The maximum absolute atomic E-state index is 12.0. The molecule has 5 heteroatoms. The summed E-state index contributed by atoms with van der Waals surface area (Å²) in [7, 11) is -0.205. The highest BCUT2D eigenvalue weighted by Gasteiger charge is 2.21. The lowest BCUT2D eigenvalue weighted by Crippen LogP contribution is -2.09. The van der Waals surface area contributed by atoms with Gasteiger partial charge in [-0.05, 0) is 31.0 Å². The van der Waals surface area contributed by atoms with E-state index in [4.69, 9.17) is 13.8 Å². The molecule has 1 atom stereocenters. The molecule has 4 nitrogen and oxygen atoms in total. The molecule has 0 aliphatic carbocycles. The topological polar surface area (TPSA) is 44.8 Å². The molecule has 0 aromatic heterocycles. The number of hydrogen-bond acceptors (Lipinski definition) is 4. The third-order valence-corrected chi connectivity index (χ3v) is 4.63. The lowest BCUT2D eigenvalue weighted by Gasteiger charge is -2.15. The van der Waals surface area contributed by atoms with Crippen LogP contribution in [0.5, 0.6) is 5.75 Å². The van der Waals surface area contributed by atoms with E-state index < -0.39 is 7.60 Å². The lowest BCUT2D eigenvalue weighted by atomic mass is 10.2. The van der Waals surface area contributed by atoms with Gasteiger partial charge in [0.2, 0.25) is 0 Å². The van der Waals surface area contributed by atoms with Crippen molar-refractivity contribution in [3.8, 4) is 5.75 Å². The Bertz CT molecular complexity index is 394. The minimum Gasteiger partial charge on any atom is -0.491 e. The number of ether oxygens (including phenoxy) is 1. The molecule has 0 fully saturated rings. The Morgan fingerprint density at radius 1 is 1.17 bits per heavy atom. The summed E-state index contributed by atoms with van der Waals surface area (Å²) in [6.45, 7) is 4.10. The molecule has 102 valence electrons. The zero-order chi connectivity index (χ0) is 13.6. The first kappa shape index (κ1) is 15.2. The van der Waals surface area contributed by atoms with Gasteiger partial charge in [-0.15, -0.1) is 0 Å². The van der Waals surface area contributed by atoms with Crippen LogP contribution < -0.4 is 4.74 Å². The van der Waals surface area contributed by atoms with E-state index in [-0.39, 0.29) is 12.3 Å². The minimum absolute atomic E-state index is 0.194. The number of hydrogen-bond donors (Lipinski definition) is 0. The van der Waals surface area contributed by atoms with Gasteiger partial charge in [-0.2, -0.15) is 0 Å². The van der Waals surface area contributed by atoms with E-state index in [1.165, 1.54) is 14.2 Å².